The van der Waals surface area contributed by atoms with Gasteiger partial charge >= 0.3 is 12.6 Å². The first-order valence-electron chi connectivity index (χ1n) is 5.76. The summed E-state index contributed by atoms with van der Waals surface area (Å²) in [5.74, 6) is -0.925. The summed E-state index contributed by atoms with van der Waals surface area (Å²) in [6.07, 6.45) is 1.16. The summed E-state index contributed by atoms with van der Waals surface area (Å²) in [6.45, 7) is -2.92. The first-order chi connectivity index (χ1) is 10.0. The minimum atomic E-state index is -2.92. The smallest absolute Gasteiger partial charge is 0.387 e. The minimum absolute atomic E-state index is 0.0178. The van der Waals surface area contributed by atoms with Crippen LogP contribution in [0.15, 0.2) is 24.4 Å². The minimum Gasteiger partial charge on any atom is -0.478 e. The summed E-state index contributed by atoms with van der Waals surface area (Å²) < 4.78 is 28.6. The highest BCUT2D eigenvalue weighted by Gasteiger charge is 2.17. The Morgan fingerprint density at radius 2 is 2.19 bits per heavy atom. The van der Waals surface area contributed by atoms with E-state index in [2.05, 4.69) is 24.9 Å². The van der Waals surface area contributed by atoms with Crippen LogP contribution in [0.2, 0.25) is 0 Å². The topological polar surface area (TPSA) is 104 Å². The third kappa shape index (κ3) is 2.40. The normalized spacial score (nSPS) is 11.2. The molecule has 21 heavy (non-hydrogen) atoms. The number of alkyl halides is 2. The van der Waals surface area contributed by atoms with Gasteiger partial charge < -0.3 is 14.8 Å². The second-order valence-electron chi connectivity index (χ2n) is 4.11. The van der Waals surface area contributed by atoms with Gasteiger partial charge in [0.2, 0.25) is 0 Å². The van der Waals surface area contributed by atoms with Gasteiger partial charge in [0.1, 0.15) is 17.0 Å². The van der Waals surface area contributed by atoms with Crippen LogP contribution in [0.1, 0.15) is 10.4 Å². The van der Waals surface area contributed by atoms with Crippen molar-refractivity contribution >= 4 is 17.0 Å². The van der Waals surface area contributed by atoms with Crippen LogP contribution in [0.25, 0.3) is 22.6 Å². The molecule has 0 spiro atoms. The van der Waals surface area contributed by atoms with E-state index in [-0.39, 0.29) is 22.8 Å². The molecule has 0 amide bonds. The van der Waals surface area contributed by atoms with Crippen molar-refractivity contribution in [3.63, 3.8) is 0 Å². The summed E-state index contributed by atoms with van der Waals surface area (Å²) >= 11 is 0. The van der Waals surface area contributed by atoms with Gasteiger partial charge in [-0.2, -0.15) is 13.9 Å². The maximum Gasteiger partial charge on any atom is 0.387 e. The van der Waals surface area contributed by atoms with E-state index >= 15 is 0 Å². The molecule has 0 aliphatic carbocycles. The number of imidazole rings is 1. The fourth-order valence-corrected chi connectivity index (χ4v) is 1.91. The molecule has 0 aliphatic heterocycles. The lowest BCUT2D eigenvalue weighted by molar-refractivity contribution is -0.0497. The highest BCUT2D eigenvalue weighted by molar-refractivity contribution is 5.94. The number of fused-ring (bicyclic) bond motifs is 1. The SMILES string of the molecule is O=C(O)c1cn[nH]c1-c1nc2ccc(OC(F)F)cc2[nH]1. The van der Waals surface area contributed by atoms with Crippen LogP contribution in [0.4, 0.5) is 8.78 Å². The molecule has 3 aromatic rings. The number of halogens is 2. The predicted molar refractivity (Wildman–Crippen MR) is 67.3 cm³/mol. The zero-order valence-electron chi connectivity index (χ0n) is 10.3. The number of ether oxygens (including phenoxy) is 1. The lowest BCUT2D eigenvalue weighted by atomic mass is 10.2. The maximum absolute atomic E-state index is 12.2. The van der Waals surface area contributed by atoms with Gasteiger partial charge in [-0.05, 0) is 12.1 Å². The molecule has 7 nitrogen and oxygen atoms in total. The number of nitrogens with zero attached hydrogens (tertiary/aromatic N) is 2. The molecule has 1 aromatic carbocycles. The van der Waals surface area contributed by atoms with Crippen molar-refractivity contribution < 1.29 is 23.4 Å². The number of rotatable bonds is 4. The molecule has 3 N–H and O–H groups in total. The van der Waals surface area contributed by atoms with E-state index in [0.29, 0.717) is 11.0 Å². The van der Waals surface area contributed by atoms with E-state index in [4.69, 9.17) is 5.11 Å². The van der Waals surface area contributed by atoms with Crippen LogP contribution < -0.4 is 4.74 Å². The van der Waals surface area contributed by atoms with Gasteiger partial charge in [-0.15, -0.1) is 0 Å². The van der Waals surface area contributed by atoms with Gasteiger partial charge in [0, 0.05) is 6.07 Å². The molecule has 2 aromatic heterocycles. The van der Waals surface area contributed by atoms with Crippen molar-refractivity contribution in [2.24, 2.45) is 0 Å². The second-order valence-corrected chi connectivity index (χ2v) is 4.11. The van der Waals surface area contributed by atoms with Crippen LogP contribution in [-0.2, 0) is 0 Å². The average Bonchev–Trinajstić information content (AvgIpc) is 3.03. The lowest BCUT2D eigenvalue weighted by Gasteiger charge is -2.02. The van der Waals surface area contributed by atoms with E-state index in [9.17, 15) is 13.6 Å². The van der Waals surface area contributed by atoms with Crippen LogP contribution in [0, 0.1) is 0 Å². The predicted octanol–water partition coefficient (Wildman–Crippen LogP) is 2.25. The number of hydrogen-bond donors (Lipinski definition) is 3. The van der Waals surface area contributed by atoms with Crippen LogP contribution in [0.5, 0.6) is 5.75 Å². The zero-order valence-corrected chi connectivity index (χ0v) is 10.3. The summed E-state index contributed by atoms with van der Waals surface area (Å²) in [4.78, 5) is 18.1. The summed E-state index contributed by atoms with van der Waals surface area (Å²) in [5, 5.41) is 15.2. The van der Waals surface area contributed by atoms with E-state index < -0.39 is 12.6 Å². The number of aromatic amines is 2. The number of H-pyrrole nitrogens is 2. The van der Waals surface area contributed by atoms with Gasteiger partial charge in [-0.3, -0.25) is 5.10 Å². The van der Waals surface area contributed by atoms with Gasteiger partial charge in [0.25, 0.3) is 0 Å². The average molecular weight is 294 g/mol. The molecule has 108 valence electrons. The Labute approximate surface area is 115 Å². The molecule has 0 saturated carbocycles. The Balaban J connectivity index is 2.04. The molecule has 0 bridgehead atoms. The molecule has 0 radical (unpaired) electrons. The Morgan fingerprint density at radius 1 is 1.38 bits per heavy atom. The largest absolute Gasteiger partial charge is 0.478 e. The first-order valence-corrected chi connectivity index (χ1v) is 5.76. The summed E-state index contributed by atoms with van der Waals surface area (Å²) in [6, 6.07) is 4.20. The van der Waals surface area contributed by atoms with E-state index in [1.807, 2.05) is 0 Å². The molecule has 0 aliphatic rings. The lowest BCUT2D eigenvalue weighted by Crippen LogP contribution is -2.01. The van der Waals surface area contributed by atoms with Crippen molar-refractivity contribution in [1.29, 1.82) is 0 Å². The van der Waals surface area contributed by atoms with Gasteiger partial charge in [-0.25, -0.2) is 9.78 Å². The number of nitrogens with one attached hydrogen (secondary N) is 2. The van der Waals surface area contributed by atoms with Gasteiger partial charge in [0.15, 0.2) is 5.82 Å². The number of benzene rings is 1. The molecule has 0 unspecified atom stereocenters. The van der Waals surface area contributed by atoms with Gasteiger partial charge in [0.05, 0.1) is 17.2 Å². The van der Waals surface area contributed by atoms with E-state index in [1.165, 1.54) is 18.2 Å². The fourth-order valence-electron chi connectivity index (χ4n) is 1.91. The molecular formula is C12H8F2N4O3. The monoisotopic (exact) mass is 294 g/mol. The number of carboxylic acids is 1. The fraction of sp³-hybridized carbons (Fsp3) is 0.0833. The van der Waals surface area contributed by atoms with Crippen molar-refractivity contribution in [3.8, 4) is 17.3 Å². The Kier molecular flexibility index (Phi) is 3.01. The molecule has 0 fully saturated rings. The van der Waals surface area contributed by atoms with Crippen molar-refractivity contribution in [3.05, 3.63) is 30.0 Å². The summed E-state index contributed by atoms with van der Waals surface area (Å²) in [7, 11) is 0. The number of carboxylic acid groups (broad SMARTS) is 1. The third-order valence-corrected chi connectivity index (χ3v) is 2.79. The van der Waals surface area contributed by atoms with E-state index in [1.54, 1.807) is 0 Å². The quantitative estimate of drug-likeness (QED) is 0.684. The Hall–Kier alpha value is -2.97. The van der Waals surface area contributed by atoms with E-state index in [0.717, 1.165) is 6.20 Å². The molecule has 0 saturated heterocycles. The number of carbonyl (C=O) groups is 1. The highest BCUT2D eigenvalue weighted by Crippen LogP contribution is 2.25. The molecule has 2 heterocycles. The second kappa shape index (κ2) is 4.85. The number of aromatic carboxylic acids is 1. The standard InChI is InChI=1S/C12H8F2N4O3/c13-12(14)21-5-1-2-7-8(3-5)17-10(16-7)9-6(11(19)20)4-15-18-9/h1-4,12H,(H,15,18)(H,16,17)(H,19,20). The number of aromatic nitrogens is 4. The number of hydrogen-bond acceptors (Lipinski definition) is 4. The highest BCUT2D eigenvalue weighted by atomic mass is 19.3. The third-order valence-electron chi connectivity index (χ3n) is 2.79. The molecule has 0 atom stereocenters. The molecular weight excluding hydrogens is 286 g/mol. The summed E-state index contributed by atoms with van der Waals surface area (Å²) in [5.41, 5.74) is 1.08. The van der Waals surface area contributed by atoms with Crippen LogP contribution in [0.3, 0.4) is 0 Å². The van der Waals surface area contributed by atoms with Crippen LogP contribution in [-0.4, -0.2) is 37.9 Å². The molecule has 3 rings (SSSR count). The maximum atomic E-state index is 12.2. The van der Waals surface area contributed by atoms with Gasteiger partial charge in [-0.1, -0.05) is 0 Å². The first kappa shape index (κ1) is 13.0. The molecule has 9 heteroatoms. The van der Waals surface area contributed by atoms with Crippen LogP contribution >= 0.6 is 0 Å². The Bertz CT molecular complexity index is 812. The Morgan fingerprint density at radius 3 is 2.90 bits per heavy atom. The van der Waals surface area contributed by atoms with Crippen molar-refractivity contribution in [1.82, 2.24) is 20.2 Å². The zero-order chi connectivity index (χ0) is 15.0. The van der Waals surface area contributed by atoms with Crippen molar-refractivity contribution in [2.45, 2.75) is 6.61 Å². The van der Waals surface area contributed by atoms with Crippen molar-refractivity contribution in [2.75, 3.05) is 0 Å².